The molecule has 0 aliphatic heterocycles. The standard InChI is InChI=1S/C14H18N2/c1-2-9-4-3-5-11-12-7-6-10(8-15)14(12)16-13(9)11/h3-5,10,16H,2,6-8,15H2,1H3. The van der Waals surface area contributed by atoms with E-state index in [2.05, 4.69) is 30.1 Å². The Balaban J connectivity index is 2.25. The SMILES string of the molecule is CCc1cccc2c3c([nH]c12)C(CN)CC3. The lowest BCUT2D eigenvalue weighted by molar-refractivity contribution is 0.675. The molecular weight excluding hydrogens is 196 g/mol. The second-order valence-electron chi connectivity index (χ2n) is 4.68. The lowest BCUT2D eigenvalue weighted by Gasteiger charge is -2.05. The van der Waals surface area contributed by atoms with E-state index in [1.54, 1.807) is 0 Å². The van der Waals surface area contributed by atoms with Gasteiger partial charge in [-0.05, 0) is 30.4 Å². The van der Waals surface area contributed by atoms with E-state index in [0.29, 0.717) is 5.92 Å². The number of rotatable bonds is 2. The summed E-state index contributed by atoms with van der Waals surface area (Å²) in [6.07, 6.45) is 3.48. The maximum atomic E-state index is 5.82. The Morgan fingerprint density at radius 3 is 3.06 bits per heavy atom. The van der Waals surface area contributed by atoms with E-state index in [0.717, 1.165) is 13.0 Å². The zero-order chi connectivity index (χ0) is 11.1. The van der Waals surface area contributed by atoms with E-state index in [1.807, 2.05) is 0 Å². The molecule has 16 heavy (non-hydrogen) atoms. The molecule has 84 valence electrons. The van der Waals surface area contributed by atoms with Gasteiger partial charge in [0.2, 0.25) is 0 Å². The minimum atomic E-state index is 0.548. The van der Waals surface area contributed by atoms with Crippen molar-refractivity contribution in [2.75, 3.05) is 6.54 Å². The van der Waals surface area contributed by atoms with Gasteiger partial charge < -0.3 is 10.7 Å². The average Bonchev–Trinajstić information content (AvgIpc) is 2.86. The van der Waals surface area contributed by atoms with Crippen molar-refractivity contribution in [2.24, 2.45) is 5.73 Å². The van der Waals surface area contributed by atoms with Gasteiger partial charge in [0.15, 0.2) is 0 Å². The number of para-hydroxylation sites is 1. The number of H-pyrrole nitrogens is 1. The zero-order valence-electron chi connectivity index (χ0n) is 9.72. The molecule has 1 aliphatic carbocycles. The van der Waals surface area contributed by atoms with Crippen molar-refractivity contribution >= 4 is 10.9 Å². The summed E-state index contributed by atoms with van der Waals surface area (Å²) in [5.41, 5.74) is 11.5. The fraction of sp³-hybridized carbons (Fsp3) is 0.429. The summed E-state index contributed by atoms with van der Waals surface area (Å²) in [5.74, 6) is 0.548. The molecule has 1 unspecified atom stereocenters. The summed E-state index contributed by atoms with van der Waals surface area (Å²) in [6, 6.07) is 6.62. The minimum absolute atomic E-state index is 0.548. The molecule has 3 rings (SSSR count). The van der Waals surface area contributed by atoms with Crippen molar-refractivity contribution in [3.63, 3.8) is 0 Å². The van der Waals surface area contributed by atoms with Gasteiger partial charge in [-0.25, -0.2) is 0 Å². The van der Waals surface area contributed by atoms with Gasteiger partial charge in [-0.3, -0.25) is 0 Å². The molecule has 2 nitrogen and oxygen atoms in total. The van der Waals surface area contributed by atoms with Crippen LogP contribution in [0.5, 0.6) is 0 Å². The van der Waals surface area contributed by atoms with Crippen molar-refractivity contribution in [3.8, 4) is 0 Å². The monoisotopic (exact) mass is 214 g/mol. The minimum Gasteiger partial charge on any atom is -0.358 e. The molecule has 0 radical (unpaired) electrons. The molecular formula is C14H18N2. The largest absolute Gasteiger partial charge is 0.358 e. The average molecular weight is 214 g/mol. The summed E-state index contributed by atoms with van der Waals surface area (Å²) in [6.45, 7) is 2.97. The predicted octanol–water partition coefficient (Wildman–Crippen LogP) is 2.72. The molecule has 1 aromatic carbocycles. The van der Waals surface area contributed by atoms with E-state index in [-0.39, 0.29) is 0 Å². The van der Waals surface area contributed by atoms with Crippen LogP contribution < -0.4 is 5.73 Å². The first-order valence-corrected chi connectivity index (χ1v) is 6.17. The van der Waals surface area contributed by atoms with Crippen LogP contribution in [0.4, 0.5) is 0 Å². The molecule has 1 aromatic heterocycles. The number of fused-ring (bicyclic) bond motifs is 3. The van der Waals surface area contributed by atoms with Crippen molar-refractivity contribution in [1.29, 1.82) is 0 Å². The van der Waals surface area contributed by atoms with Gasteiger partial charge in [0, 0.05) is 29.1 Å². The molecule has 0 amide bonds. The van der Waals surface area contributed by atoms with Crippen LogP contribution in [0.15, 0.2) is 18.2 Å². The van der Waals surface area contributed by atoms with Crippen LogP contribution in [0, 0.1) is 0 Å². The number of nitrogens with one attached hydrogen (secondary N) is 1. The number of aromatic amines is 1. The van der Waals surface area contributed by atoms with Crippen LogP contribution in [0.3, 0.4) is 0 Å². The van der Waals surface area contributed by atoms with Crippen LogP contribution in [-0.4, -0.2) is 11.5 Å². The highest BCUT2D eigenvalue weighted by molar-refractivity contribution is 5.88. The van der Waals surface area contributed by atoms with Crippen molar-refractivity contribution in [3.05, 3.63) is 35.0 Å². The molecule has 1 atom stereocenters. The zero-order valence-corrected chi connectivity index (χ0v) is 9.72. The van der Waals surface area contributed by atoms with Crippen LogP contribution in [0.2, 0.25) is 0 Å². The maximum absolute atomic E-state index is 5.82. The summed E-state index contributed by atoms with van der Waals surface area (Å²) < 4.78 is 0. The predicted molar refractivity (Wildman–Crippen MR) is 67.8 cm³/mol. The molecule has 0 bridgehead atoms. The van der Waals surface area contributed by atoms with Gasteiger partial charge in [-0.15, -0.1) is 0 Å². The Morgan fingerprint density at radius 2 is 2.31 bits per heavy atom. The fourth-order valence-corrected chi connectivity index (χ4v) is 2.97. The van der Waals surface area contributed by atoms with Crippen LogP contribution in [-0.2, 0) is 12.8 Å². The summed E-state index contributed by atoms with van der Waals surface area (Å²) in [7, 11) is 0. The van der Waals surface area contributed by atoms with Crippen molar-refractivity contribution in [2.45, 2.75) is 32.1 Å². The number of aromatic nitrogens is 1. The highest BCUT2D eigenvalue weighted by atomic mass is 14.8. The first-order chi connectivity index (χ1) is 7.85. The van der Waals surface area contributed by atoms with Gasteiger partial charge in [0.25, 0.3) is 0 Å². The second kappa shape index (κ2) is 3.63. The van der Waals surface area contributed by atoms with Gasteiger partial charge in [-0.1, -0.05) is 25.1 Å². The highest BCUT2D eigenvalue weighted by Gasteiger charge is 2.25. The van der Waals surface area contributed by atoms with Crippen LogP contribution in [0.25, 0.3) is 10.9 Å². The lowest BCUT2D eigenvalue weighted by atomic mass is 10.1. The molecule has 0 saturated heterocycles. The van der Waals surface area contributed by atoms with E-state index >= 15 is 0 Å². The van der Waals surface area contributed by atoms with E-state index in [9.17, 15) is 0 Å². The molecule has 2 aromatic rings. The first kappa shape index (κ1) is 9.91. The molecule has 3 N–H and O–H groups in total. The second-order valence-corrected chi connectivity index (χ2v) is 4.68. The molecule has 0 fully saturated rings. The molecule has 1 aliphatic rings. The number of hydrogen-bond donors (Lipinski definition) is 2. The summed E-state index contributed by atoms with van der Waals surface area (Å²) in [4.78, 5) is 3.62. The first-order valence-electron chi connectivity index (χ1n) is 6.17. The van der Waals surface area contributed by atoms with E-state index in [1.165, 1.54) is 40.6 Å². The quantitative estimate of drug-likeness (QED) is 0.793. The lowest BCUT2D eigenvalue weighted by Crippen LogP contribution is -2.09. The Kier molecular flexibility index (Phi) is 2.25. The molecule has 1 heterocycles. The van der Waals surface area contributed by atoms with Crippen LogP contribution in [0.1, 0.15) is 36.1 Å². The van der Waals surface area contributed by atoms with E-state index < -0.39 is 0 Å². The third kappa shape index (κ3) is 1.23. The third-order valence-electron chi connectivity index (χ3n) is 3.88. The smallest absolute Gasteiger partial charge is 0.0491 e. The van der Waals surface area contributed by atoms with Crippen molar-refractivity contribution < 1.29 is 0 Å². The highest BCUT2D eigenvalue weighted by Crippen LogP contribution is 2.37. The van der Waals surface area contributed by atoms with Crippen LogP contribution >= 0.6 is 0 Å². The van der Waals surface area contributed by atoms with Crippen molar-refractivity contribution in [1.82, 2.24) is 4.98 Å². The fourth-order valence-electron chi connectivity index (χ4n) is 2.97. The molecule has 0 spiro atoms. The Hall–Kier alpha value is -1.28. The summed E-state index contributed by atoms with van der Waals surface area (Å²) in [5, 5.41) is 1.42. The number of hydrogen-bond acceptors (Lipinski definition) is 1. The normalized spacial score (nSPS) is 19.2. The topological polar surface area (TPSA) is 41.8 Å². The number of benzene rings is 1. The summed E-state index contributed by atoms with van der Waals surface area (Å²) >= 11 is 0. The third-order valence-corrected chi connectivity index (χ3v) is 3.88. The van der Waals surface area contributed by atoms with Gasteiger partial charge in [0.1, 0.15) is 0 Å². The molecule has 0 saturated carbocycles. The Morgan fingerprint density at radius 1 is 1.44 bits per heavy atom. The van der Waals surface area contributed by atoms with E-state index in [4.69, 9.17) is 5.73 Å². The van der Waals surface area contributed by atoms with Gasteiger partial charge in [0.05, 0.1) is 0 Å². The molecule has 2 heteroatoms. The Labute approximate surface area is 95.8 Å². The van der Waals surface area contributed by atoms with Gasteiger partial charge in [-0.2, -0.15) is 0 Å². The van der Waals surface area contributed by atoms with Gasteiger partial charge >= 0.3 is 0 Å². The number of nitrogens with two attached hydrogens (primary N) is 1. The number of aryl methyl sites for hydroxylation is 2. The Bertz CT molecular complexity index is 525. The maximum Gasteiger partial charge on any atom is 0.0491 e.